The Hall–Kier alpha value is -1.17. The highest BCUT2D eigenvalue weighted by molar-refractivity contribution is 6.32. The smallest absolute Gasteiger partial charge is 0.283 e. The molecule has 3 rings (SSSR count). The first-order valence-corrected chi connectivity index (χ1v) is 7.77. The van der Waals surface area contributed by atoms with E-state index in [1.807, 2.05) is 0 Å². The molecular weight excluding hydrogens is 300 g/mol. The second kappa shape index (κ2) is 5.91. The number of aromatic nitrogens is 2. The molecule has 21 heavy (non-hydrogen) atoms. The summed E-state index contributed by atoms with van der Waals surface area (Å²) in [4.78, 5) is 12.1. The Labute approximate surface area is 126 Å². The van der Waals surface area contributed by atoms with Crippen LogP contribution in [0.5, 0.6) is 0 Å². The molecule has 1 aromatic rings. The molecule has 0 radical (unpaired) electrons. The lowest BCUT2D eigenvalue weighted by Gasteiger charge is -2.13. The Morgan fingerprint density at radius 1 is 1.33 bits per heavy atom. The third kappa shape index (κ3) is 3.20. The van der Waals surface area contributed by atoms with Crippen molar-refractivity contribution in [2.24, 2.45) is 0 Å². The van der Waals surface area contributed by atoms with Crippen molar-refractivity contribution in [1.29, 1.82) is 0 Å². The van der Waals surface area contributed by atoms with E-state index in [4.69, 9.17) is 11.6 Å². The van der Waals surface area contributed by atoms with E-state index in [2.05, 4.69) is 10.4 Å². The molecule has 2 fully saturated rings. The quantitative estimate of drug-likeness (QED) is 0.904. The second-order valence-corrected chi connectivity index (χ2v) is 6.24. The van der Waals surface area contributed by atoms with Gasteiger partial charge in [0, 0.05) is 12.0 Å². The number of amides is 1. The van der Waals surface area contributed by atoms with Crippen molar-refractivity contribution >= 4 is 17.5 Å². The molecule has 2 aliphatic rings. The van der Waals surface area contributed by atoms with Crippen LogP contribution in [0.1, 0.15) is 62.3 Å². The van der Waals surface area contributed by atoms with E-state index in [-0.39, 0.29) is 29.4 Å². The van der Waals surface area contributed by atoms with Crippen molar-refractivity contribution in [2.45, 2.75) is 63.5 Å². The van der Waals surface area contributed by atoms with Crippen LogP contribution in [0.4, 0.5) is 8.78 Å². The Balaban J connectivity index is 1.74. The highest BCUT2D eigenvalue weighted by Crippen LogP contribution is 2.45. The molecule has 0 saturated heterocycles. The molecule has 0 aliphatic heterocycles. The van der Waals surface area contributed by atoms with Gasteiger partial charge in [-0.15, -0.1) is 0 Å². The van der Waals surface area contributed by atoms with Gasteiger partial charge in [0.1, 0.15) is 12.2 Å². The number of hydrogen-bond donors (Lipinski definition) is 1. The zero-order chi connectivity index (χ0) is 15.0. The molecule has 1 heterocycles. The van der Waals surface area contributed by atoms with Crippen LogP contribution < -0.4 is 5.32 Å². The molecule has 1 N–H and O–H groups in total. The summed E-state index contributed by atoms with van der Waals surface area (Å²) < 4.78 is 27.2. The predicted molar refractivity (Wildman–Crippen MR) is 74.6 cm³/mol. The van der Waals surface area contributed by atoms with Crippen molar-refractivity contribution in [1.82, 2.24) is 15.1 Å². The Kier molecular flexibility index (Phi) is 4.15. The molecule has 7 heteroatoms. The molecule has 0 atom stereocenters. The van der Waals surface area contributed by atoms with E-state index in [0.717, 1.165) is 38.5 Å². The lowest BCUT2D eigenvalue weighted by Crippen LogP contribution is -2.35. The van der Waals surface area contributed by atoms with E-state index in [1.165, 1.54) is 4.68 Å². The van der Waals surface area contributed by atoms with Gasteiger partial charge in [0.15, 0.2) is 0 Å². The molecule has 0 aromatic carbocycles. The second-order valence-electron chi connectivity index (χ2n) is 5.87. The third-order valence-corrected chi connectivity index (χ3v) is 4.53. The summed E-state index contributed by atoms with van der Waals surface area (Å²) in [6.07, 6.45) is 3.35. The van der Waals surface area contributed by atoms with Gasteiger partial charge in [-0.1, -0.05) is 24.4 Å². The van der Waals surface area contributed by atoms with Crippen molar-refractivity contribution in [3.05, 3.63) is 16.4 Å². The first-order chi connectivity index (χ1) is 10.1. The van der Waals surface area contributed by atoms with Crippen molar-refractivity contribution in [3.8, 4) is 0 Å². The van der Waals surface area contributed by atoms with Crippen LogP contribution in [-0.2, 0) is 11.3 Å². The lowest BCUT2D eigenvalue weighted by molar-refractivity contribution is -0.122. The van der Waals surface area contributed by atoms with E-state index in [1.54, 1.807) is 0 Å². The summed E-state index contributed by atoms with van der Waals surface area (Å²) in [7, 11) is 0. The van der Waals surface area contributed by atoms with E-state index in [0.29, 0.717) is 5.69 Å². The maximum Gasteiger partial charge on any atom is 0.283 e. The third-order valence-electron chi connectivity index (χ3n) is 4.14. The number of hydrogen-bond acceptors (Lipinski definition) is 2. The number of nitrogens with one attached hydrogen (secondary N) is 1. The van der Waals surface area contributed by atoms with Crippen molar-refractivity contribution in [2.75, 3.05) is 0 Å². The molecule has 1 aromatic heterocycles. The van der Waals surface area contributed by atoms with Crippen molar-refractivity contribution in [3.63, 3.8) is 0 Å². The standard InChI is InChI=1S/C14H18ClF2N3O/c15-11-12(14(16)17)19-20(13(11)8-5-6-8)7-10(21)18-9-3-1-2-4-9/h8-9,14H,1-7H2,(H,18,21). The molecule has 116 valence electrons. The zero-order valence-electron chi connectivity index (χ0n) is 11.6. The largest absolute Gasteiger partial charge is 0.352 e. The number of halogens is 3. The van der Waals surface area contributed by atoms with Crippen LogP contribution in [0.2, 0.25) is 5.02 Å². The maximum atomic E-state index is 12.9. The molecule has 4 nitrogen and oxygen atoms in total. The first-order valence-electron chi connectivity index (χ1n) is 7.40. The van der Waals surface area contributed by atoms with Gasteiger partial charge in [-0.2, -0.15) is 5.10 Å². The van der Waals surface area contributed by atoms with E-state index in [9.17, 15) is 13.6 Å². The van der Waals surface area contributed by atoms with E-state index < -0.39 is 12.1 Å². The average molecular weight is 318 g/mol. The number of alkyl halides is 2. The molecule has 0 spiro atoms. The van der Waals surface area contributed by atoms with Crippen LogP contribution in [0.15, 0.2) is 0 Å². The summed E-state index contributed by atoms with van der Waals surface area (Å²) >= 11 is 6.02. The minimum Gasteiger partial charge on any atom is -0.352 e. The van der Waals surface area contributed by atoms with Crippen LogP contribution in [0.25, 0.3) is 0 Å². The Morgan fingerprint density at radius 3 is 2.57 bits per heavy atom. The number of rotatable bonds is 5. The van der Waals surface area contributed by atoms with E-state index >= 15 is 0 Å². The Bertz CT molecular complexity index is 537. The summed E-state index contributed by atoms with van der Waals surface area (Å²) in [5.41, 5.74) is 0.181. The fourth-order valence-corrected chi connectivity index (χ4v) is 3.33. The van der Waals surface area contributed by atoms with Gasteiger partial charge in [-0.05, 0) is 25.7 Å². The minimum absolute atomic E-state index is 0.0289. The number of carbonyl (C=O) groups excluding carboxylic acids is 1. The normalized spacial score (nSPS) is 19.4. The van der Waals surface area contributed by atoms with Crippen LogP contribution in [-0.4, -0.2) is 21.7 Å². The van der Waals surface area contributed by atoms with Crippen LogP contribution in [0, 0.1) is 0 Å². The molecule has 2 saturated carbocycles. The zero-order valence-corrected chi connectivity index (χ0v) is 12.4. The first kappa shape index (κ1) is 14.8. The lowest BCUT2D eigenvalue weighted by atomic mass is 10.2. The van der Waals surface area contributed by atoms with Crippen LogP contribution in [0.3, 0.4) is 0 Å². The molecule has 2 aliphatic carbocycles. The van der Waals surface area contributed by atoms with Crippen LogP contribution >= 0.6 is 11.6 Å². The van der Waals surface area contributed by atoms with Gasteiger partial charge in [-0.25, -0.2) is 8.78 Å². The van der Waals surface area contributed by atoms with Gasteiger partial charge in [0.25, 0.3) is 6.43 Å². The van der Waals surface area contributed by atoms with Gasteiger partial charge >= 0.3 is 0 Å². The number of carbonyl (C=O) groups is 1. The number of nitrogens with zero attached hydrogens (tertiary/aromatic N) is 2. The van der Waals surface area contributed by atoms with Gasteiger partial charge in [0.2, 0.25) is 5.91 Å². The molecule has 0 bridgehead atoms. The monoisotopic (exact) mass is 317 g/mol. The summed E-state index contributed by atoms with van der Waals surface area (Å²) in [6.45, 7) is -0.0330. The average Bonchev–Trinajstić information content (AvgIpc) is 3.01. The minimum atomic E-state index is -2.71. The SMILES string of the molecule is O=C(Cn1nc(C(F)F)c(Cl)c1C1CC1)NC1CCCC1. The molecule has 1 amide bonds. The highest BCUT2D eigenvalue weighted by Gasteiger charge is 2.34. The topological polar surface area (TPSA) is 46.9 Å². The predicted octanol–water partition coefficient (Wildman–Crippen LogP) is 3.41. The van der Waals surface area contributed by atoms with Gasteiger partial charge in [0.05, 0.1) is 10.7 Å². The molecular formula is C14H18ClF2N3O. The fourth-order valence-electron chi connectivity index (χ4n) is 2.96. The van der Waals surface area contributed by atoms with Gasteiger partial charge < -0.3 is 5.32 Å². The summed E-state index contributed by atoms with van der Waals surface area (Å²) in [5.74, 6) is -0.0134. The molecule has 0 unspecified atom stereocenters. The summed E-state index contributed by atoms with van der Waals surface area (Å²) in [5, 5.41) is 6.83. The van der Waals surface area contributed by atoms with Gasteiger partial charge in [-0.3, -0.25) is 9.48 Å². The van der Waals surface area contributed by atoms with Crippen molar-refractivity contribution < 1.29 is 13.6 Å². The highest BCUT2D eigenvalue weighted by atomic mass is 35.5. The maximum absolute atomic E-state index is 12.9. The fraction of sp³-hybridized carbons (Fsp3) is 0.714. The summed E-state index contributed by atoms with van der Waals surface area (Å²) in [6, 6.07) is 0.211. The Morgan fingerprint density at radius 2 is 2.00 bits per heavy atom.